The largest absolute Gasteiger partial charge is 0.493 e. The lowest BCUT2D eigenvalue weighted by Crippen LogP contribution is -2.18. The first-order valence-electron chi connectivity index (χ1n) is 12.6. The summed E-state index contributed by atoms with van der Waals surface area (Å²) in [7, 11) is 0. The molecule has 0 radical (unpaired) electrons. The Morgan fingerprint density at radius 1 is 1.05 bits per heavy atom. The Morgan fingerprint density at radius 2 is 1.74 bits per heavy atom. The Hall–Kier alpha value is -3.39. The van der Waals surface area contributed by atoms with Crippen molar-refractivity contribution in [3.8, 4) is 5.75 Å². The van der Waals surface area contributed by atoms with Crippen LogP contribution < -0.4 is 10.1 Å². The third-order valence-electron chi connectivity index (χ3n) is 6.64. The van der Waals surface area contributed by atoms with Crippen molar-refractivity contribution in [3.63, 3.8) is 0 Å². The van der Waals surface area contributed by atoms with E-state index in [4.69, 9.17) is 21.7 Å². The number of ether oxygens (including phenoxy) is 2. The summed E-state index contributed by atoms with van der Waals surface area (Å²) in [6, 6.07) is 17.6. The second kappa shape index (κ2) is 11.6. The molecule has 4 rings (SSSR count). The number of carbonyl (C=O) groups is 1. The van der Waals surface area contributed by atoms with Crippen LogP contribution >= 0.6 is 12.2 Å². The lowest BCUT2D eigenvalue weighted by molar-refractivity contribution is -0.144. The highest BCUT2D eigenvalue weighted by molar-refractivity contribution is 7.81. The molecule has 0 aliphatic heterocycles. The molecule has 200 valence electrons. The smallest absolute Gasteiger partial charge is 0.418 e. The highest BCUT2D eigenvalue weighted by atomic mass is 32.1. The third kappa shape index (κ3) is 6.54. The molecule has 1 fully saturated rings. The first kappa shape index (κ1) is 27.6. The van der Waals surface area contributed by atoms with Gasteiger partial charge >= 0.3 is 12.1 Å². The molecule has 3 aromatic carbocycles. The maximum absolute atomic E-state index is 13.8. The lowest BCUT2D eigenvalue weighted by atomic mass is 10.0. The molecule has 1 aliphatic rings. The van der Waals surface area contributed by atoms with Gasteiger partial charge in [-0.15, -0.1) is 0 Å². The predicted molar refractivity (Wildman–Crippen MR) is 146 cm³/mol. The normalized spacial score (nSPS) is 16.6. The van der Waals surface area contributed by atoms with Crippen LogP contribution in [0.5, 0.6) is 5.75 Å². The van der Waals surface area contributed by atoms with Crippen LogP contribution in [0.15, 0.2) is 60.7 Å². The van der Waals surface area contributed by atoms with Gasteiger partial charge in [0, 0.05) is 12.0 Å². The standard InChI is InChI=1S/C30H30F3NO3S/c1-4-36-29(35)24-17-23(24)21-10-11-25(30(31,32)33)26(16-21)34-28(38)27-18(2)14-22(15-19(27)3)37-13-12-20-8-6-5-7-9-20/h5-11,14-16,23-24H,4,12-13,17H2,1-3H3,(H,34,38)/t23-,24-/m1/s1. The van der Waals surface area contributed by atoms with Gasteiger partial charge in [-0.25, -0.2) is 0 Å². The summed E-state index contributed by atoms with van der Waals surface area (Å²) >= 11 is 5.59. The van der Waals surface area contributed by atoms with Crippen molar-refractivity contribution >= 4 is 28.9 Å². The number of esters is 1. The van der Waals surface area contributed by atoms with Crippen LogP contribution in [-0.4, -0.2) is 24.2 Å². The van der Waals surface area contributed by atoms with Gasteiger partial charge in [0.05, 0.1) is 30.4 Å². The molecule has 0 aromatic heterocycles. The van der Waals surface area contributed by atoms with Gasteiger partial charge in [0.1, 0.15) is 10.7 Å². The number of aryl methyl sites for hydroxylation is 2. The first-order chi connectivity index (χ1) is 18.1. The van der Waals surface area contributed by atoms with Gasteiger partial charge in [-0.3, -0.25) is 4.79 Å². The van der Waals surface area contributed by atoms with E-state index in [0.717, 1.165) is 23.6 Å². The van der Waals surface area contributed by atoms with Crippen LogP contribution in [-0.2, 0) is 22.1 Å². The van der Waals surface area contributed by atoms with E-state index in [2.05, 4.69) is 5.32 Å². The van der Waals surface area contributed by atoms with Crippen molar-refractivity contribution in [1.29, 1.82) is 0 Å². The topological polar surface area (TPSA) is 47.6 Å². The molecule has 38 heavy (non-hydrogen) atoms. The number of anilines is 1. The summed E-state index contributed by atoms with van der Waals surface area (Å²) in [6.07, 6.45) is -3.26. The van der Waals surface area contributed by atoms with Gasteiger partial charge in [-0.05, 0) is 79.6 Å². The summed E-state index contributed by atoms with van der Waals surface area (Å²) in [5.74, 6) is -0.134. The van der Waals surface area contributed by atoms with Crippen molar-refractivity contribution < 1.29 is 27.4 Å². The fourth-order valence-electron chi connectivity index (χ4n) is 4.70. The molecule has 0 spiro atoms. The molecule has 0 unspecified atom stereocenters. The van der Waals surface area contributed by atoms with E-state index in [1.807, 2.05) is 56.3 Å². The molecule has 2 atom stereocenters. The van der Waals surface area contributed by atoms with E-state index >= 15 is 0 Å². The SMILES string of the molecule is CCOC(=O)[C@@H]1C[C@@H]1c1ccc(C(F)(F)F)c(NC(=S)c2c(C)cc(OCCc3ccccc3)cc2C)c1. The summed E-state index contributed by atoms with van der Waals surface area (Å²) in [6.45, 7) is 6.21. The number of hydrogen-bond donors (Lipinski definition) is 1. The molecular weight excluding hydrogens is 511 g/mol. The lowest BCUT2D eigenvalue weighted by Gasteiger charge is -2.19. The number of nitrogens with one attached hydrogen (secondary N) is 1. The van der Waals surface area contributed by atoms with Crippen LogP contribution in [0.1, 0.15) is 52.6 Å². The Balaban J connectivity index is 1.51. The Bertz CT molecular complexity index is 1300. The average molecular weight is 542 g/mol. The molecule has 1 saturated carbocycles. The second-order valence-corrected chi connectivity index (χ2v) is 9.88. The molecule has 1 N–H and O–H groups in total. The van der Waals surface area contributed by atoms with E-state index < -0.39 is 11.7 Å². The maximum atomic E-state index is 13.8. The zero-order chi connectivity index (χ0) is 27.4. The molecular formula is C30H30F3NO3S. The van der Waals surface area contributed by atoms with Crippen molar-refractivity contribution in [2.45, 2.75) is 45.7 Å². The molecule has 3 aromatic rings. The monoisotopic (exact) mass is 541 g/mol. The van der Waals surface area contributed by atoms with Gasteiger partial charge in [0.25, 0.3) is 0 Å². The van der Waals surface area contributed by atoms with Gasteiger partial charge < -0.3 is 14.8 Å². The average Bonchev–Trinajstić information content (AvgIpc) is 3.65. The Morgan fingerprint density at radius 3 is 2.37 bits per heavy atom. The fraction of sp³-hybridized carbons (Fsp3) is 0.333. The Kier molecular flexibility index (Phi) is 8.41. The second-order valence-electron chi connectivity index (χ2n) is 9.47. The van der Waals surface area contributed by atoms with Crippen molar-refractivity contribution in [3.05, 3.63) is 94.0 Å². The minimum absolute atomic E-state index is 0.128. The van der Waals surface area contributed by atoms with E-state index in [9.17, 15) is 18.0 Å². The number of benzene rings is 3. The zero-order valence-electron chi connectivity index (χ0n) is 21.5. The van der Waals surface area contributed by atoms with Crippen LogP contribution in [0, 0.1) is 19.8 Å². The fourth-order valence-corrected chi connectivity index (χ4v) is 5.13. The van der Waals surface area contributed by atoms with Gasteiger partial charge in [0.15, 0.2) is 0 Å². The van der Waals surface area contributed by atoms with Crippen molar-refractivity contribution in [2.24, 2.45) is 5.92 Å². The number of carbonyl (C=O) groups excluding carboxylic acids is 1. The zero-order valence-corrected chi connectivity index (χ0v) is 22.3. The van der Waals surface area contributed by atoms with Gasteiger partial charge in [0.2, 0.25) is 0 Å². The van der Waals surface area contributed by atoms with Crippen LogP contribution in [0.25, 0.3) is 0 Å². The molecule has 0 saturated heterocycles. The van der Waals surface area contributed by atoms with Crippen LogP contribution in [0.3, 0.4) is 0 Å². The summed E-state index contributed by atoms with van der Waals surface area (Å²) < 4.78 is 52.5. The minimum atomic E-state index is -4.57. The van der Waals surface area contributed by atoms with E-state index in [1.165, 1.54) is 17.7 Å². The summed E-state index contributed by atoms with van der Waals surface area (Å²) in [5, 5.41) is 2.85. The third-order valence-corrected chi connectivity index (χ3v) is 6.95. The Labute approximate surface area is 226 Å². The molecule has 0 amide bonds. The van der Waals surface area contributed by atoms with Crippen molar-refractivity contribution in [2.75, 3.05) is 18.5 Å². The molecule has 4 nitrogen and oxygen atoms in total. The first-order valence-corrected chi connectivity index (χ1v) is 13.0. The predicted octanol–water partition coefficient (Wildman–Crippen LogP) is 7.40. The number of hydrogen-bond acceptors (Lipinski definition) is 4. The highest BCUT2D eigenvalue weighted by Crippen LogP contribution is 2.49. The van der Waals surface area contributed by atoms with E-state index in [1.54, 1.807) is 6.92 Å². The van der Waals surface area contributed by atoms with Gasteiger partial charge in [-0.1, -0.05) is 48.6 Å². The van der Waals surface area contributed by atoms with E-state index in [0.29, 0.717) is 29.9 Å². The maximum Gasteiger partial charge on any atom is 0.418 e. The molecule has 0 heterocycles. The number of alkyl halides is 3. The molecule has 8 heteroatoms. The minimum Gasteiger partial charge on any atom is -0.493 e. The van der Waals surface area contributed by atoms with E-state index in [-0.39, 0.29) is 35.1 Å². The van der Waals surface area contributed by atoms with Gasteiger partial charge in [-0.2, -0.15) is 13.2 Å². The van der Waals surface area contributed by atoms with Crippen molar-refractivity contribution in [1.82, 2.24) is 0 Å². The number of rotatable bonds is 9. The summed E-state index contributed by atoms with van der Waals surface area (Å²) in [4.78, 5) is 12.2. The number of halogens is 3. The van der Waals surface area contributed by atoms with Crippen LogP contribution in [0.4, 0.5) is 18.9 Å². The number of thiocarbonyl (C=S) groups is 1. The summed E-state index contributed by atoms with van der Waals surface area (Å²) in [5.41, 5.74) is 3.13. The van der Waals surface area contributed by atoms with Crippen LogP contribution in [0.2, 0.25) is 0 Å². The molecule has 1 aliphatic carbocycles. The quantitative estimate of drug-likeness (QED) is 0.226. The molecule has 0 bridgehead atoms. The highest BCUT2D eigenvalue weighted by Gasteiger charge is 2.46.